The summed E-state index contributed by atoms with van der Waals surface area (Å²) in [5.41, 5.74) is 4.28. The summed E-state index contributed by atoms with van der Waals surface area (Å²) < 4.78 is 0. The highest BCUT2D eigenvalue weighted by Gasteiger charge is 2.18. The van der Waals surface area contributed by atoms with E-state index in [-0.39, 0.29) is 12.3 Å². The van der Waals surface area contributed by atoms with Crippen molar-refractivity contribution in [1.82, 2.24) is 4.98 Å². The normalized spacial score (nSPS) is 13.4. The number of carboxylic acid groups (broad SMARTS) is 1. The number of hydrogen-bond donors (Lipinski definition) is 2. The molecule has 2 aromatic rings. The van der Waals surface area contributed by atoms with Crippen LogP contribution in [0.15, 0.2) is 18.2 Å². The number of anilines is 1. The number of aryl methyl sites for hydroxylation is 2. The van der Waals surface area contributed by atoms with E-state index in [2.05, 4.69) is 22.4 Å². The van der Waals surface area contributed by atoms with E-state index >= 15 is 0 Å². The monoisotopic (exact) mass is 330 g/mol. The van der Waals surface area contributed by atoms with Crippen LogP contribution in [0.25, 0.3) is 11.3 Å². The first-order chi connectivity index (χ1) is 11.0. The molecule has 120 valence electrons. The average Bonchev–Trinajstić information content (AvgIpc) is 2.87. The Morgan fingerprint density at radius 1 is 1.26 bits per heavy atom. The van der Waals surface area contributed by atoms with Gasteiger partial charge in [-0.1, -0.05) is 12.1 Å². The number of hydrogen-bond acceptors (Lipinski definition) is 4. The zero-order valence-electron chi connectivity index (χ0n) is 12.9. The van der Waals surface area contributed by atoms with Gasteiger partial charge in [-0.2, -0.15) is 0 Å². The van der Waals surface area contributed by atoms with Gasteiger partial charge in [-0.25, -0.2) is 4.98 Å². The standard InChI is InChI=1S/C17H18N2O3S/c1-10(20)18-17-19-16(14(23-17)9-15(21)22)13-7-6-11-4-2-3-5-12(11)8-13/h6-8H,2-5,9H2,1H3,(H,21,22)(H,18,19,20). The van der Waals surface area contributed by atoms with Gasteiger partial charge in [0.25, 0.3) is 0 Å². The first kappa shape index (κ1) is 15.7. The van der Waals surface area contributed by atoms with E-state index in [1.807, 2.05) is 6.07 Å². The summed E-state index contributed by atoms with van der Waals surface area (Å²) >= 11 is 1.22. The molecule has 0 bridgehead atoms. The Bertz CT molecular complexity index is 767. The number of benzene rings is 1. The molecule has 1 aromatic carbocycles. The molecule has 2 N–H and O–H groups in total. The molecule has 0 saturated heterocycles. The summed E-state index contributed by atoms with van der Waals surface area (Å²) in [6.07, 6.45) is 4.47. The zero-order chi connectivity index (χ0) is 16.4. The van der Waals surface area contributed by atoms with Gasteiger partial charge in [-0.3, -0.25) is 9.59 Å². The van der Waals surface area contributed by atoms with Crippen LogP contribution in [0, 0.1) is 0 Å². The second-order valence-corrected chi connectivity index (χ2v) is 6.82. The van der Waals surface area contributed by atoms with Gasteiger partial charge in [0.15, 0.2) is 5.13 Å². The average molecular weight is 330 g/mol. The summed E-state index contributed by atoms with van der Waals surface area (Å²) in [5.74, 6) is -1.11. The highest BCUT2D eigenvalue weighted by Crippen LogP contribution is 2.34. The minimum Gasteiger partial charge on any atom is -0.481 e. The minimum absolute atomic E-state index is 0.0936. The van der Waals surface area contributed by atoms with Gasteiger partial charge < -0.3 is 10.4 Å². The van der Waals surface area contributed by atoms with E-state index in [0.717, 1.165) is 18.4 Å². The van der Waals surface area contributed by atoms with Crippen LogP contribution in [0.4, 0.5) is 5.13 Å². The SMILES string of the molecule is CC(=O)Nc1nc(-c2ccc3c(c2)CCCC3)c(CC(=O)O)s1. The van der Waals surface area contributed by atoms with E-state index in [4.69, 9.17) is 5.11 Å². The van der Waals surface area contributed by atoms with Crippen LogP contribution in [-0.4, -0.2) is 22.0 Å². The van der Waals surface area contributed by atoms with Gasteiger partial charge in [-0.15, -0.1) is 11.3 Å². The molecule has 6 heteroatoms. The van der Waals surface area contributed by atoms with Gasteiger partial charge >= 0.3 is 5.97 Å². The molecule has 3 rings (SSSR count). The summed E-state index contributed by atoms with van der Waals surface area (Å²) in [6.45, 7) is 1.41. The van der Waals surface area contributed by atoms with Crippen LogP contribution in [0.5, 0.6) is 0 Å². The number of nitrogens with zero attached hydrogens (tertiary/aromatic N) is 1. The number of rotatable bonds is 4. The smallest absolute Gasteiger partial charge is 0.308 e. The van der Waals surface area contributed by atoms with Crippen molar-refractivity contribution in [3.63, 3.8) is 0 Å². The largest absolute Gasteiger partial charge is 0.481 e. The third-order valence-electron chi connectivity index (χ3n) is 3.91. The maximum Gasteiger partial charge on any atom is 0.308 e. The molecular weight excluding hydrogens is 312 g/mol. The quantitative estimate of drug-likeness (QED) is 0.901. The number of carbonyl (C=O) groups is 2. The van der Waals surface area contributed by atoms with Crippen molar-refractivity contribution in [2.45, 2.75) is 39.0 Å². The summed E-state index contributed by atoms with van der Waals surface area (Å²) in [7, 11) is 0. The third-order valence-corrected chi connectivity index (χ3v) is 4.88. The number of amides is 1. The van der Waals surface area contributed by atoms with E-state index < -0.39 is 5.97 Å². The molecule has 0 spiro atoms. The first-order valence-corrected chi connectivity index (χ1v) is 8.46. The Balaban J connectivity index is 2.01. The molecule has 1 aliphatic carbocycles. The van der Waals surface area contributed by atoms with Crippen molar-refractivity contribution in [3.05, 3.63) is 34.2 Å². The Hall–Kier alpha value is -2.21. The fraction of sp³-hybridized carbons (Fsp3) is 0.353. The van der Waals surface area contributed by atoms with Gasteiger partial charge in [0.1, 0.15) is 0 Å². The maximum absolute atomic E-state index is 11.2. The lowest BCUT2D eigenvalue weighted by Gasteiger charge is -2.16. The lowest BCUT2D eigenvalue weighted by Crippen LogP contribution is -2.05. The van der Waals surface area contributed by atoms with Gasteiger partial charge in [0, 0.05) is 17.4 Å². The van der Waals surface area contributed by atoms with Crippen LogP contribution in [0.2, 0.25) is 0 Å². The van der Waals surface area contributed by atoms with Crippen molar-refractivity contribution in [3.8, 4) is 11.3 Å². The lowest BCUT2D eigenvalue weighted by atomic mass is 9.90. The Kier molecular flexibility index (Phi) is 4.43. The van der Waals surface area contributed by atoms with Crippen molar-refractivity contribution >= 4 is 28.3 Å². The predicted octanol–water partition coefficient (Wildman–Crippen LogP) is 3.27. The zero-order valence-corrected chi connectivity index (χ0v) is 13.7. The molecule has 0 unspecified atom stereocenters. The highest BCUT2D eigenvalue weighted by molar-refractivity contribution is 7.16. The van der Waals surface area contributed by atoms with Crippen molar-refractivity contribution in [2.75, 3.05) is 5.32 Å². The number of aliphatic carboxylic acids is 1. The Labute approximate surface area is 138 Å². The van der Waals surface area contributed by atoms with Crippen molar-refractivity contribution in [1.29, 1.82) is 0 Å². The molecule has 1 heterocycles. The number of carboxylic acids is 1. The lowest BCUT2D eigenvalue weighted by molar-refractivity contribution is -0.136. The second kappa shape index (κ2) is 6.50. The number of carbonyl (C=O) groups excluding carboxylic acids is 1. The van der Waals surface area contributed by atoms with E-state index in [9.17, 15) is 9.59 Å². The molecule has 0 fully saturated rings. The number of fused-ring (bicyclic) bond motifs is 1. The molecule has 0 radical (unpaired) electrons. The number of thiazole rings is 1. The van der Waals surface area contributed by atoms with Crippen LogP contribution < -0.4 is 5.32 Å². The molecule has 5 nitrogen and oxygen atoms in total. The highest BCUT2D eigenvalue weighted by atomic mass is 32.1. The first-order valence-electron chi connectivity index (χ1n) is 7.64. The molecule has 23 heavy (non-hydrogen) atoms. The predicted molar refractivity (Wildman–Crippen MR) is 89.8 cm³/mol. The van der Waals surface area contributed by atoms with Gasteiger partial charge in [-0.05, 0) is 42.9 Å². The molecule has 1 aliphatic rings. The second-order valence-electron chi connectivity index (χ2n) is 5.73. The molecular formula is C17H18N2O3S. The van der Waals surface area contributed by atoms with Gasteiger partial charge in [0.2, 0.25) is 5.91 Å². The Morgan fingerprint density at radius 3 is 2.70 bits per heavy atom. The fourth-order valence-electron chi connectivity index (χ4n) is 2.92. The topological polar surface area (TPSA) is 79.3 Å². The van der Waals surface area contributed by atoms with Crippen LogP contribution in [0.3, 0.4) is 0 Å². The molecule has 0 atom stereocenters. The van der Waals surface area contributed by atoms with Crippen LogP contribution >= 0.6 is 11.3 Å². The van der Waals surface area contributed by atoms with E-state index in [1.54, 1.807) is 0 Å². The molecule has 1 aromatic heterocycles. The van der Waals surface area contributed by atoms with Crippen molar-refractivity contribution in [2.24, 2.45) is 0 Å². The molecule has 1 amide bonds. The summed E-state index contributed by atoms with van der Waals surface area (Å²) in [5, 5.41) is 12.2. The molecule has 0 saturated carbocycles. The summed E-state index contributed by atoms with van der Waals surface area (Å²) in [4.78, 5) is 27.4. The van der Waals surface area contributed by atoms with Crippen LogP contribution in [0.1, 0.15) is 35.8 Å². The van der Waals surface area contributed by atoms with Crippen molar-refractivity contribution < 1.29 is 14.7 Å². The van der Waals surface area contributed by atoms with Gasteiger partial charge in [0.05, 0.1) is 12.1 Å². The van der Waals surface area contributed by atoms with E-state index in [0.29, 0.717) is 15.7 Å². The number of aromatic nitrogens is 1. The number of nitrogens with one attached hydrogen (secondary N) is 1. The van der Waals surface area contributed by atoms with Crippen LogP contribution in [-0.2, 0) is 28.9 Å². The fourth-order valence-corrected chi connectivity index (χ4v) is 3.94. The Morgan fingerprint density at radius 2 is 2.00 bits per heavy atom. The minimum atomic E-state index is -0.901. The maximum atomic E-state index is 11.2. The third kappa shape index (κ3) is 3.59. The molecule has 0 aliphatic heterocycles. The summed E-state index contributed by atoms with van der Waals surface area (Å²) in [6, 6.07) is 6.24. The van der Waals surface area contributed by atoms with E-state index in [1.165, 1.54) is 42.2 Å².